The fourth-order valence-corrected chi connectivity index (χ4v) is 1.03. The average Bonchev–Trinajstić information content (AvgIpc) is 2.03. The summed E-state index contributed by atoms with van der Waals surface area (Å²) < 4.78 is 25.6. The van der Waals surface area contributed by atoms with Crippen molar-refractivity contribution in [2.75, 3.05) is 6.54 Å². The van der Waals surface area contributed by atoms with Crippen LogP contribution in [0.2, 0.25) is 0 Å². The number of aryl methyl sites for hydroxylation is 1. The molecule has 0 atom stereocenters. The highest BCUT2D eigenvalue weighted by Gasteiger charge is 2.27. The highest BCUT2D eigenvalue weighted by molar-refractivity contribution is 5.15. The van der Waals surface area contributed by atoms with Crippen LogP contribution in [0.1, 0.15) is 11.3 Å². The second-order valence-corrected chi connectivity index (χ2v) is 3.06. The first-order valence-corrected chi connectivity index (χ1v) is 4.03. The van der Waals surface area contributed by atoms with Crippen molar-refractivity contribution in [1.82, 2.24) is 4.98 Å². The van der Waals surface area contributed by atoms with Gasteiger partial charge in [-0.05, 0) is 24.6 Å². The predicted octanol–water partition coefficient (Wildman–Crippen LogP) is 1.53. The lowest BCUT2D eigenvalue weighted by Crippen LogP contribution is -2.30. The zero-order valence-electron chi connectivity index (χ0n) is 7.43. The van der Waals surface area contributed by atoms with Crippen molar-refractivity contribution in [3.8, 4) is 0 Å². The minimum Gasteiger partial charge on any atom is -0.325 e. The van der Waals surface area contributed by atoms with Gasteiger partial charge in [0.1, 0.15) is 0 Å². The Morgan fingerprint density at radius 3 is 2.77 bits per heavy atom. The maximum absolute atomic E-state index is 12.8. The number of halogens is 2. The lowest BCUT2D eigenvalue weighted by atomic mass is 10.1. The van der Waals surface area contributed by atoms with Gasteiger partial charge in [-0.3, -0.25) is 4.98 Å². The Kier molecular flexibility index (Phi) is 2.93. The molecule has 0 amide bonds. The number of nitrogens with zero attached hydrogens (tertiary/aromatic N) is 1. The van der Waals surface area contributed by atoms with Crippen molar-refractivity contribution in [1.29, 1.82) is 0 Å². The summed E-state index contributed by atoms with van der Waals surface area (Å²) in [7, 11) is 0. The number of pyridine rings is 1. The van der Waals surface area contributed by atoms with Crippen molar-refractivity contribution < 1.29 is 8.78 Å². The second-order valence-electron chi connectivity index (χ2n) is 3.06. The topological polar surface area (TPSA) is 38.9 Å². The number of hydrogen-bond acceptors (Lipinski definition) is 2. The minimum absolute atomic E-state index is 0.384. The highest BCUT2D eigenvalue weighted by atomic mass is 19.3. The molecule has 0 radical (unpaired) electrons. The lowest BCUT2D eigenvalue weighted by molar-refractivity contribution is 0.0105. The Labute approximate surface area is 75.8 Å². The Bertz CT molecular complexity index is 287. The Morgan fingerprint density at radius 2 is 2.23 bits per heavy atom. The molecule has 0 saturated carbocycles. The molecule has 0 fully saturated rings. The van der Waals surface area contributed by atoms with Gasteiger partial charge in [-0.15, -0.1) is 0 Å². The van der Waals surface area contributed by atoms with E-state index in [0.29, 0.717) is 5.69 Å². The van der Waals surface area contributed by atoms with Crippen molar-refractivity contribution >= 4 is 0 Å². The van der Waals surface area contributed by atoms with E-state index in [1.54, 1.807) is 12.1 Å². The quantitative estimate of drug-likeness (QED) is 0.777. The lowest BCUT2D eigenvalue weighted by Gasteiger charge is -2.12. The Hall–Kier alpha value is -1.03. The summed E-state index contributed by atoms with van der Waals surface area (Å²) in [6, 6.07) is 3.41. The molecule has 13 heavy (non-hydrogen) atoms. The third-order valence-electron chi connectivity index (χ3n) is 1.71. The number of nitrogens with two attached hydrogens (primary N) is 1. The maximum Gasteiger partial charge on any atom is 0.265 e. The van der Waals surface area contributed by atoms with Crippen LogP contribution in [0.15, 0.2) is 18.3 Å². The molecule has 0 aliphatic carbocycles. The van der Waals surface area contributed by atoms with E-state index in [4.69, 9.17) is 5.73 Å². The highest BCUT2D eigenvalue weighted by Crippen LogP contribution is 2.17. The van der Waals surface area contributed by atoms with Gasteiger partial charge in [0.2, 0.25) is 0 Å². The van der Waals surface area contributed by atoms with Crippen LogP contribution < -0.4 is 5.73 Å². The molecule has 0 unspecified atom stereocenters. The molecule has 1 aromatic rings. The van der Waals surface area contributed by atoms with Gasteiger partial charge < -0.3 is 5.73 Å². The van der Waals surface area contributed by atoms with Gasteiger partial charge in [-0.25, -0.2) is 8.78 Å². The van der Waals surface area contributed by atoms with Crippen LogP contribution in [-0.2, 0) is 6.42 Å². The molecule has 72 valence electrons. The first-order chi connectivity index (χ1) is 6.03. The molecule has 2 N–H and O–H groups in total. The molecule has 1 rings (SSSR count). The molecule has 0 aromatic carbocycles. The molecule has 0 spiro atoms. The van der Waals surface area contributed by atoms with Crippen molar-refractivity contribution in [2.24, 2.45) is 5.73 Å². The number of alkyl halides is 2. The van der Waals surface area contributed by atoms with Crippen molar-refractivity contribution in [2.45, 2.75) is 19.3 Å². The molecule has 1 aromatic heterocycles. The smallest absolute Gasteiger partial charge is 0.265 e. The fraction of sp³-hybridized carbons (Fsp3) is 0.444. The summed E-state index contributed by atoms with van der Waals surface area (Å²) >= 11 is 0. The van der Waals surface area contributed by atoms with Gasteiger partial charge >= 0.3 is 0 Å². The molecule has 0 bridgehead atoms. The van der Waals surface area contributed by atoms with Crippen LogP contribution in [-0.4, -0.2) is 17.5 Å². The molecule has 1 heterocycles. The molecule has 0 aliphatic heterocycles. The van der Waals surface area contributed by atoms with E-state index in [2.05, 4.69) is 4.98 Å². The van der Waals surface area contributed by atoms with Gasteiger partial charge in [0.15, 0.2) is 0 Å². The molecular formula is C9H12F2N2. The average molecular weight is 186 g/mol. The minimum atomic E-state index is -2.85. The monoisotopic (exact) mass is 186 g/mol. The van der Waals surface area contributed by atoms with Crippen LogP contribution in [0.3, 0.4) is 0 Å². The molecular weight excluding hydrogens is 174 g/mol. The Morgan fingerprint density at radius 1 is 1.54 bits per heavy atom. The largest absolute Gasteiger partial charge is 0.325 e. The number of aromatic nitrogens is 1. The van der Waals surface area contributed by atoms with E-state index in [9.17, 15) is 8.78 Å². The summed E-state index contributed by atoms with van der Waals surface area (Å²) in [5.41, 5.74) is 6.23. The molecule has 0 aliphatic rings. The van der Waals surface area contributed by atoms with Gasteiger partial charge in [0.25, 0.3) is 5.92 Å². The van der Waals surface area contributed by atoms with Gasteiger partial charge in [0.05, 0.1) is 13.0 Å². The molecule has 2 nitrogen and oxygen atoms in total. The van der Waals surface area contributed by atoms with Gasteiger partial charge in [-0.2, -0.15) is 0 Å². The predicted molar refractivity (Wildman–Crippen MR) is 46.7 cm³/mol. The van der Waals surface area contributed by atoms with Gasteiger partial charge in [-0.1, -0.05) is 0 Å². The summed E-state index contributed by atoms with van der Waals surface area (Å²) in [5, 5.41) is 0. The number of hydrogen-bond donors (Lipinski definition) is 1. The van der Waals surface area contributed by atoms with E-state index >= 15 is 0 Å². The summed E-state index contributed by atoms with van der Waals surface area (Å²) in [5.74, 6) is -2.85. The summed E-state index contributed by atoms with van der Waals surface area (Å²) in [6.07, 6.45) is 1.14. The van der Waals surface area contributed by atoms with E-state index in [1.807, 2.05) is 6.92 Å². The first-order valence-electron chi connectivity index (χ1n) is 4.03. The van der Waals surface area contributed by atoms with Crippen LogP contribution >= 0.6 is 0 Å². The standard InChI is InChI=1S/C9H12F2N2/c1-7-2-3-13-8(4-7)5-9(10,11)6-12/h2-4H,5-6,12H2,1H3. The van der Waals surface area contributed by atoms with Crippen LogP contribution in [0.25, 0.3) is 0 Å². The zero-order chi connectivity index (χ0) is 9.90. The Balaban J connectivity index is 2.74. The van der Waals surface area contributed by atoms with Crippen LogP contribution in [0.5, 0.6) is 0 Å². The van der Waals surface area contributed by atoms with Crippen molar-refractivity contribution in [3.63, 3.8) is 0 Å². The van der Waals surface area contributed by atoms with E-state index in [0.717, 1.165) is 5.56 Å². The van der Waals surface area contributed by atoms with Gasteiger partial charge in [0, 0.05) is 11.9 Å². The second kappa shape index (κ2) is 3.79. The number of rotatable bonds is 3. The SMILES string of the molecule is Cc1ccnc(CC(F)(F)CN)c1. The summed E-state index contributed by atoms with van der Waals surface area (Å²) in [4.78, 5) is 3.84. The van der Waals surface area contributed by atoms with Crippen molar-refractivity contribution in [3.05, 3.63) is 29.6 Å². The van der Waals surface area contributed by atoms with Crippen LogP contribution in [0, 0.1) is 6.92 Å². The zero-order valence-corrected chi connectivity index (χ0v) is 7.43. The van der Waals surface area contributed by atoms with Crippen LogP contribution in [0.4, 0.5) is 8.78 Å². The van der Waals surface area contributed by atoms with E-state index in [-0.39, 0.29) is 6.42 Å². The fourth-order valence-electron chi connectivity index (χ4n) is 1.03. The normalized spacial score (nSPS) is 11.7. The maximum atomic E-state index is 12.8. The van der Waals surface area contributed by atoms with E-state index < -0.39 is 12.5 Å². The third kappa shape index (κ3) is 3.06. The molecule has 4 heteroatoms. The molecule has 0 saturated heterocycles. The summed E-state index contributed by atoms with van der Waals surface area (Å²) in [6.45, 7) is 1.20. The van der Waals surface area contributed by atoms with E-state index in [1.165, 1.54) is 6.20 Å². The third-order valence-corrected chi connectivity index (χ3v) is 1.71. The first kappa shape index (κ1) is 10.1.